The van der Waals surface area contributed by atoms with Crippen LogP contribution in [0.25, 0.3) is 0 Å². The zero-order valence-electron chi connectivity index (χ0n) is 14.5. The molecule has 0 amide bonds. The van der Waals surface area contributed by atoms with E-state index in [1.807, 2.05) is 80.6 Å². The number of carbonyl (C=O) groups is 1. The first kappa shape index (κ1) is 17.1. The summed E-state index contributed by atoms with van der Waals surface area (Å²) in [6.45, 7) is 3.71. The summed E-state index contributed by atoms with van der Waals surface area (Å²) in [4.78, 5) is 13.1. The van der Waals surface area contributed by atoms with Crippen molar-refractivity contribution in [3.8, 4) is 0 Å². The average molecular weight is 334 g/mol. The van der Waals surface area contributed by atoms with E-state index in [2.05, 4.69) is 5.10 Å². The number of benzene rings is 2. The van der Waals surface area contributed by atoms with Gasteiger partial charge in [0.05, 0.1) is 17.7 Å². The molecule has 0 unspecified atom stereocenters. The summed E-state index contributed by atoms with van der Waals surface area (Å²) in [6.07, 6.45) is -0.438. The smallest absolute Gasteiger partial charge is 0.253 e. The maximum Gasteiger partial charge on any atom is 0.253 e. The van der Waals surface area contributed by atoms with Gasteiger partial charge in [0.2, 0.25) is 0 Å². The van der Waals surface area contributed by atoms with Crippen molar-refractivity contribution in [3.63, 3.8) is 0 Å². The van der Waals surface area contributed by atoms with Crippen LogP contribution in [0.2, 0.25) is 0 Å². The standard InChI is InChI=1S/C21H22N2O2/c1-15-13-16(2)23(22-15)21(25)19(14-17-9-5-3-6-10-17)20(24)18-11-7-4-8-12-18/h3-13,19-20,24H,14H2,1-2H3/t19-,20+/m0/s1. The number of aliphatic hydroxyl groups excluding tert-OH is 1. The average Bonchev–Trinajstić information content (AvgIpc) is 2.98. The zero-order chi connectivity index (χ0) is 17.8. The maximum atomic E-state index is 13.1. The van der Waals surface area contributed by atoms with Crippen LogP contribution in [0, 0.1) is 19.8 Å². The third kappa shape index (κ3) is 3.86. The summed E-state index contributed by atoms with van der Waals surface area (Å²) in [5, 5.41) is 15.2. The molecule has 0 bridgehead atoms. The van der Waals surface area contributed by atoms with Crippen LogP contribution in [0.4, 0.5) is 0 Å². The third-order valence-electron chi connectivity index (χ3n) is 4.36. The summed E-state index contributed by atoms with van der Waals surface area (Å²) in [7, 11) is 0. The number of hydrogen-bond donors (Lipinski definition) is 1. The molecule has 4 heteroatoms. The van der Waals surface area contributed by atoms with E-state index in [9.17, 15) is 9.90 Å². The Morgan fingerprint density at radius 1 is 1.04 bits per heavy atom. The number of aromatic nitrogens is 2. The number of carbonyl (C=O) groups excluding carboxylic acids is 1. The van der Waals surface area contributed by atoms with Gasteiger partial charge in [0, 0.05) is 5.69 Å². The van der Waals surface area contributed by atoms with Gasteiger partial charge in [0.25, 0.3) is 5.91 Å². The van der Waals surface area contributed by atoms with Gasteiger partial charge in [-0.1, -0.05) is 60.7 Å². The lowest BCUT2D eigenvalue weighted by atomic mass is 9.89. The minimum atomic E-state index is -0.891. The highest BCUT2D eigenvalue weighted by atomic mass is 16.3. The number of rotatable bonds is 5. The Hall–Kier alpha value is -2.72. The largest absolute Gasteiger partial charge is 0.388 e. The second-order valence-electron chi connectivity index (χ2n) is 6.33. The van der Waals surface area contributed by atoms with Crippen LogP contribution in [-0.2, 0) is 6.42 Å². The van der Waals surface area contributed by atoms with Gasteiger partial charge in [0.1, 0.15) is 0 Å². The van der Waals surface area contributed by atoms with Gasteiger partial charge in [-0.2, -0.15) is 5.10 Å². The van der Waals surface area contributed by atoms with Crippen molar-refractivity contribution in [2.24, 2.45) is 5.92 Å². The van der Waals surface area contributed by atoms with Gasteiger partial charge >= 0.3 is 0 Å². The summed E-state index contributed by atoms with van der Waals surface area (Å²) in [5.74, 6) is -0.798. The minimum absolute atomic E-state index is 0.189. The van der Waals surface area contributed by atoms with Gasteiger partial charge in [-0.25, -0.2) is 4.68 Å². The third-order valence-corrected chi connectivity index (χ3v) is 4.36. The second-order valence-corrected chi connectivity index (χ2v) is 6.33. The number of aryl methyl sites for hydroxylation is 2. The first-order valence-electron chi connectivity index (χ1n) is 8.40. The van der Waals surface area contributed by atoms with E-state index in [4.69, 9.17) is 0 Å². The van der Waals surface area contributed by atoms with E-state index in [0.717, 1.165) is 22.5 Å². The molecule has 4 nitrogen and oxygen atoms in total. The molecule has 0 spiro atoms. The SMILES string of the molecule is Cc1cc(C)n(C(=O)[C@@H](Cc2ccccc2)[C@H](O)c2ccccc2)n1. The molecule has 0 fully saturated rings. The number of nitrogens with zero attached hydrogens (tertiary/aromatic N) is 2. The van der Waals surface area contributed by atoms with E-state index >= 15 is 0 Å². The summed E-state index contributed by atoms with van der Waals surface area (Å²) in [5.41, 5.74) is 3.31. The van der Waals surface area contributed by atoms with Crippen LogP contribution < -0.4 is 0 Å². The molecule has 2 atom stereocenters. The first-order chi connectivity index (χ1) is 12.1. The molecule has 1 heterocycles. The van der Waals surface area contributed by atoms with Crippen molar-refractivity contribution in [2.75, 3.05) is 0 Å². The fourth-order valence-electron chi connectivity index (χ4n) is 3.09. The molecule has 1 aromatic heterocycles. The lowest BCUT2D eigenvalue weighted by Crippen LogP contribution is -2.30. The van der Waals surface area contributed by atoms with E-state index in [-0.39, 0.29) is 5.91 Å². The van der Waals surface area contributed by atoms with Gasteiger partial charge in [-0.05, 0) is 37.5 Å². The molecule has 0 aliphatic rings. The lowest BCUT2D eigenvalue weighted by molar-refractivity contribution is 0.0573. The second kappa shape index (κ2) is 7.45. The van der Waals surface area contributed by atoms with E-state index in [1.165, 1.54) is 4.68 Å². The summed E-state index contributed by atoms with van der Waals surface area (Å²) < 4.78 is 1.41. The highest BCUT2D eigenvalue weighted by Gasteiger charge is 2.30. The van der Waals surface area contributed by atoms with Crippen molar-refractivity contribution in [3.05, 3.63) is 89.2 Å². The highest BCUT2D eigenvalue weighted by molar-refractivity contribution is 5.82. The van der Waals surface area contributed by atoms with Crippen molar-refractivity contribution in [1.82, 2.24) is 9.78 Å². The predicted molar refractivity (Wildman–Crippen MR) is 97.4 cm³/mol. The monoisotopic (exact) mass is 334 g/mol. The molecule has 128 valence electrons. The first-order valence-corrected chi connectivity index (χ1v) is 8.40. The molecule has 1 N–H and O–H groups in total. The van der Waals surface area contributed by atoms with Crippen LogP contribution in [0.3, 0.4) is 0 Å². The molecule has 0 aliphatic carbocycles. The molecule has 2 aromatic carbocycles. The van der Waals surface area contributed by atoms with Crippen molar-refractivity contribution in [1.29, 1.82) is 0 Å². The molecular formula is C21H22N2O2. The normalized spacial score (nSPS) is 13.4. The molecule has 0 aliphatic heterocycles. The Bertz CT molecular complexity index is 841. The fourth-order valence-corrected chi connectivity index (χ4v) is 3.09. The fraction of sp³-hybridized carbons (Fsp3) is 0.238. The Kier molecular flexibility index (Phi) is 5.10. The Labute approximate surface area is 147 Å². The molecule has 0 radical (unpaired) electrons. The van der Waals surface area contributed by atoms with E-state index in [1.54, 1.807) is 0 Å². The highest BCUT2D eigenvalue weighted by Crippen LogP contribution is 2.27. The van der Waals surface area contributed by atoms with Crippen molar-refractivity contribution in [2.45, 2.75) is 26.4 Å². The molecular weight excluding hydrogens is 312 g/mol. The van der Waals surface area contributed by atoms with Crippen LogP contribution in [0.15, 0.2) is 66.7 Å². The molecule has 25 heavy (non-hydrogen) atoms. The van der Waals surface area contributed by atoms with Gasteiger partial charge in [-0.3, -0.25) is 4.79 Å². The van der Waals surface area contributed by atoms with Crippen LogP contribution in [-0.4, -0.2) is 20.8 Å². The zero-order valence-corrected chi connectivity index (χ0v) is 14.5. The number of hydrogen-bond acceptors (Lipinski definition) is 3. The lowest BCUT2D eigenvalue weighted by Gasteiger charge is -2.22. The molecule has 0 saturated heterocycles. The molecule has 3 aromatic rings. The Morgan fingerprint density at radius 2 is 1.64 bits per heavy atom. The Morgan fingerprint density at radius 3 is 2.20 bits per heavy atom. The van der Waals surface area contributed by atoms with Gasteiger partial charge in [0.15, 0.2) is 0 Å². The van der Waals surface area contributed by atoms with Crippen molar-refractivity contribution < 1.29 is 9.90 Å². The van der Waals surface area contributed by atoms with Crippen LogP contribution in [0.5, 0.6) is 0 Å². The minimum Gasteiger partial charge on any atom is -0.388 e. The molecule has 3 rings (SSSR count). The molecule has 0 saturated carbocycles. The predicted octanol–water partition coefficient (Wildman–Crippen LogP) is 3.73. The van der Waals surface area contributed by atoms with Crippen LogP contribution >= 0.6 is 0 Å². The quantitative estimate of drug-likeness (QED) is 0.773. The topological polar surface area (TPSA) is 55.1 Å². The summed E-state index contributed by atoms with van der Waals surface area (Å²) in [6, 6.07) is 20.9. The van der Waals surface area contributed by atoms with Crippen molar-refractivity contribution >= 4 is 5.91 Å². The van der Waals surface area contributed by atoms with Gasteiger partial charge < -0.3 is 5.11 Å². The number of aliphatic hydroxyl groups is 1. The van der Waals surface area contributed by atoms with E-state index in [0.29, 0.717) is 6.42 Å². The maximum absolute atomic E-state index is 13.1. The Balaban J connectivity index is 1.96. The van der Waals surface area contributed by atoms with Crippen LogP contribution in [0.1, 0.15) is 33.4 Å². The van der Waals surface area contributed by atoms with E-state index < -0.39 is 12.0 Å². The van der Waals surface area contributed by atoms with Gasteiger partial charge in [-0.15, -0.1) is 0 Å². The summed E-state index contributed by atoms with van der Waals surface area (Å²) >= 11 is 0.